The van der Waals surface area contributed by atoms with Crippen molar-refractivity contribution >= 4 is 22.9 Å². The Morgan fingerprint density at radius 1 is 1.38 bits per heavy atom. The van der Waals surface area contributed by atoms with E-state index in [1.807, 2.05) is 0 Å². The highest BCUT2D eigenvalue weighted by molar-refractivity contribution is 14.1. The molecule has 1 fully saturated rings. The largest absolute Gasteiger partial charge is 0.395 e. The van der Waals surface area contributed by atoms with Crippen molar-refractivity contribution in [3.8, 4) is 0 Å². The Hall–Kier alpha value is 0.400. The van der Waals surface area contributed by atoms with Crippen LogP contribution in [0.25, 0.3) is 0 Å². The van der Waals surface area contributed by atoms with Gasteiger partial charge in [-0.1, -0.05) is 0 Å². The zero-order valence-electron chi connectivity index (χ0n) is 6.63. The second-order valence-electron chi connectivity index (χ2n) is 3.13. The number of halogens is 4. The van der Waals surface area contributed by atoms with Gasteiger partial charge in [0.05, 0.1) is 12.0 Å². The molecule has 0 aromatic rings. The third-order valence-electron chi connectivity index (χ3n) is 2.08. The second kappa shape index (κ2) is 3.87. The first-order valence-corrected chi connectivity index (χ1v) is 4.70. The van der Waals surface area contributed by atoms with Gasteiger partial charge in [-0.3, -0.25) is 0 Å². The van der Waals surface area contributed by atoms with Gasteiger partial charge in [0.2, 0.25) is 0 Å². The molecule has 1 aliphatic heterocycles. The Morgan fingerprint density at radius 3 is 2.38 bits per heavy atom. The number of piperidine rings is 1. The molecule has 7 heteroatoms. The van der Waals surface area contributed by atoms with Gasteiger partial charge in [-0.15, -0.1) is 0 Å². The van der Waals surface area contributed by atoms with Crippen molar-refractivity contribution in [1.29, 1.82) is 0 Å². The van der Waals surface area contributed by atoms with Crippen LogP contribution in [0.4, 0.5) is 13.2 Å². The van der Waals surface area contributed by atoms with E-state index in [9.17, 15) is 18.3 Å². The predicted octanol–water partition coefficient (Wildman–Crippen LogP) is 0.519. The number of nitrogens with zero attached hydrogens (tertiary/aromatic N) is 1. The molecule has 0 unspecified atom stereocenters. The number of nitrogens with two attached hydrogens (primary N) is 1. The molecule has 0 bridgehead atoms. The van der Waals surface area contributed by atoms with E-state index in [1.165, 1.54) is 3.11 Å². The molecule has 78 valence electrons. The van der Waals surface area contributed by atoms with Crippen LogP contribution < -0.4 is 5.73 Å². The van der Waals surface area contributed by atoms with E-state index in [0.29, 0.717) is 0 Å². The lowest BCUT2D eigenvalue weighted by molar-refractivity contribution is -0.210. The van der Waals surface area contributed by atoms with Crippen LogP contribution in [-0.2, 0) is 0 Å². The van der Waals surface area contributed by atoms with E-state index >= 15 is 0 Å². The van der Waals surface area contributed by atoms with Crippen LogP contribution in [0.15, 0.2) is 0 Å². The Balaban J connectivity index is 2.72. The molecule has 1 aliphatic rings. The van der Waals surface area contributed by atoms with Gasteiger partial charge in [0.15, 0.2) is 0 Å². The fourth-order valence-corrected chi connectivity index (χ4v) is 2.21. The molecule has 0 aliphatic carbocycles. The molecular formula is C6H10F3IN2O. The minimum atomic E-state index is -4.37. The van der Waals surface area contributed by atoms with Gasteiger partial charge in [0.25, 0.3) is 0 Å². The van der Waals surface area contributed by atoms with E-state index in [-0.39, 0.29) is 13.1 Å². The minimum Gasteiger partial charge on any atom is -0.391 e. The maximum absolute atomic E-state index is 12.3. The lowest BCUT2D eigenvalue weighted by atomic mass is 9.92. The summed E-state index contributed by atoms with van der Waals surface area (Å²) in [7, 11) is 0. The number of rotatable bonds is 0. The number of aliphatic hydroxyl groups excluding tert-OH is 1. The zero-order valence-corrected chi connectivity index (χ0v) is 8.79. The highest BCUT2D eigenvalue weighted by Crippen LogP contribution is 2.33. The molecule has 0 aromatic heterocycles. The second-order valence-corrected chi connectivity index (χ2v) is 4.49. The van der Waals surface area contributed by atoms with Crippen molar-refractivity contribution in [2.24, 2.45) is 11.7 Å². The quantitative estimate of drug-likeness (QED) is 0.507. The predicted molar refractivity (Wildman–Crippen MR) is 49.1 cm³/mol. The van der Waals surface area contributed by atoms with E-state index in [2.05, 4.69) is 0 Å². The molecule has 0 spiro atoms. The summed E-state index contributed by atoms with van der Waals surface area (Å²) in [6, 6.07) is -0.822. The van der Waals surface area contributed by atoms with Crippen molar-refractivity contribution in [1.82, 2.24) is 3.11 Å². The summed E-state index contributed by atoms with van der Waals surface area (Å²) < 4.78 is 38.3. The molecular weight excluding hydrogens is 300 g/mol. The van der Waals surface area contributed by atoms with Crippen molar-refractivity contribution in [2.45, 2.75) is 18.3 Å². The van der Waals surface area contributed by atoms with E-state index in [1.54, 1.807) is 22.9 Å². The monoisotopic (exact) mass is 310 g/mol. The Morgan fingerprint density at radius 2 is 1.92 bits per heavy atom. The number of hydrogen-bond acceptors (Lipinski definition) is 3. The van der Waals surface area contributed by atoms with Crippen LogP contribution >= 0.6 is 22.9 Å². The molecule has 1 rings (SSSR count). The van der Waals surface area contributed by atoms with Crippen LogP contribution in [0, 0.1) is 5.92 Å². The third kappa shape index (κ3) is 2.67. The first-order chi connectivity index (χ1) is 5.82. The highest BCUT2D eigenvalue weighted by atomic mass is 127. The SMILES string of the molecule is N[C@@H]1CN(I)C[C@H](C(F)(F)F)[C@H]1O. The summed E-state index contributed by atoms with van der Waals surface area (Å²) in [4.78, 5) is 0. The van der Waals surface area contributed by atoms with E-state index in [0.717, 1.165) is 0 Å². The Bertz CT molecular complexity index is 189. The van der Waals surface area contributed by atoms with Gasteiger partial charge in [-0.25, -0.2) is 3.11 Å². The van der Waals surface area contributed by atoms with Gasteiger partial charge < -0.3 is 10.8 Å². The fraction of sp³-hybridized carbons (Fsp3) is 1.00. The van der Waals surface area contributed by atoms with Gasteiger partial charge in [0.1, 0.15) is 0 Å². The van der Waals surface area contributed by atoms with E-state index in [4.69, 9.17) is 5.73 Å². The average molecular weight is 310 g/mol. The summed E-state index contributed by atoms with van der Waals surface area (Å²) >= 11 is 1.78. The first-order valence-electron chi connectivity index (χ1n) is 3.73. The topological polar surface area (TPSA) is 49.5 Å². The summed E-state index contributed by atoms with van der Waals surface area (Å²) in [6.45, 7) is 0.0905. The standard InChI is InChI=1S/C6H10F3IN2O/c7-6(8,9)3-1-12(10)2-4(11)5(3)13/h3-5,13H,1-2,11H2/t3-,4+,5+/m0/s1. The summed E-state index contributed by atoms with van der Waals surface area (Å²) in [5, 5.41) is 9.22. The molecule has 0 amide bonds. The van der Waals surface area contributed by atoms with Crippen LogP contribution in [0.1, 0.15) is 0 Å². The van der Waals surface area contributed by atoms with Crippen LogP contribution in [0.5, 0.6) is 0 Å². The van der Waals surface area contributed by atoms with Crippen molar-refractivity contribution in [3.05, 3.63) is 0 Å². The summed E-state index contributed by atoms with van der Waals surface area (Å²) in [5.74, 6) is -1.73. The maximum Gasteiger partial charge on any atom is 0.395 e. The molecule has 1 saturated heterocycles. The van der Waals surface area contributed by atoms with Gasteiger partial charge in [0, 0.05) is 42.0 Å². The minimum absolute atomic E-state index is 0.196. The van der Waals surface area contributed by atoms with Crippen LogP contribution in [-0.4, -0.2) is 39.6 Å². The van der Waals surface area contributed by atoms with Gasteiger partial charge in [-0.2, -0.15) is 13.2 Å². The maximum atomic E-state index is 12.3. The van der Waals surface area contributed by atoms with Crippen molar-refractivity contribution < 1.29 is 18.3 Å². The molecule has 13 heavy (non-hydrogen) atoms. The average Bonchev–Trinajstić information content (AvgIpc) is 1.94. The van der Waals surface area contributed by atoms with Crippen LogP contribution in [0.2, 0.25) is 0 Å². The highest BCUT2D eigenvalue weighted by Gasteiger charge is 2.49. The van der Waals surface area contributed by atoms with E-state index < -0.39 is 24.2 Å². The fourth-order valence-electron chi connectivity index (χ4n) is 1.33. The van der Waals surface area contributed by atoms with Gasteiger partial charge >= 0.3 is 6.18 Å². The molecule has 1 heterocycles. The third-order valence-corrected chi connectivity index (χ3v) is 2.86. The lowest BCUT2D eigenvalue weighted by Gasteiger charge is -2.37. The van der Waals surface area contributed by atoms with Crippen molar-refractivity contribution in [2.75, 3.05) is 13.1 Å². The first kappa shape index (κ1) is 11.5. The van der Waals surface area contributed by atoms with Crippen LogP contribution in [0.3, 0.4) is 0 Å². The molecule has 0 aromatic carbocycles. The Kier molecular flexibility index (Phi) is 3.42. The number of alkyl halides is 3. The molecule has 0 radical (unpaired) electrons. The molecule has 3 nitrogen and oxygen atoms in total. The van der Waals surface area contributed by atoms with Gasteiger partial charge in [-0.05, 0) is 0 Å². The summed E-state index contributed by atoms with van der Waals surface area (Å²) in [5.41, 5.74) is 5.36. The number of hydrogen-bond donors (Lipinski definition) is 2. The smallest absolute Gasteiger partial charge is 0.391 e. The number of aliphatic hydroxyl groups is 1. The normalized spacial score (nSPS) is 37.8. The molecule has 3 atom stereocenters. The van der Waals surface area contributed by atoms with Crippen molar-refractivity contribution in [3.63, 3.8) is 0 Å². The summed E-state index contributed by atoms with van der Waals surface area (Å²) in [6.07, 6.45) is -5.85. The Labute approximate surface area is 87.6 Å². The molecule has 3 N–H and O–H groups in total. The molecule has 0 saturated carbocycles. The zero-order chi connectivity index (χ0) is 10.2. The lowest BCUT2D eigenvalue weighted by Crippen LogP contribution is -2.57.